The maximum atomic E-state index is 12.6. The molecule has 2 amide bonds. The lowest BCUT2D eigenvalue weighted by Gasteiger charge is -2.14. The standard InChI is InChI=1S/C19H21N3O3.ClH/c1-25-15-8-6-14(7-9-15)21-19(24)16-4-2-3-5-17(16)22-18(23)13-10-11-20-12-13;/h2-9,13,20H,10-12H2,1H3,(H,21,24)(H,22,23);1H. The van der Waals surface area contributed by atoms with Crippen molar-refractivity contribution in [2.24, 2.45) is 5.92 Å². The molecule has 1 heterocycles. The molecular formula is C19H22ClN3O3. The molecule has 6 nitrogen and oxygen atoms in total. The van der Waals surface area contributed by atoms with Crippen LogP contribution in [0.3, 0.4) is 0 Å². The van der Waals surface area contributed by atoms with E-state index in [1.54, 1.807) is 55.6 Å². The van der Waals surface area contributed by atoms with Gasteiger partial charge in [0.1, 0.15) is 5.75 Å². The van der Waals surface area contributed by atoms with Gasteiger partial charge in [0.15, 0.2) is 0 Å². The molecule has 1 atom stereocenters. The Morgan fingerprint density at radius 3 is 2.46 bits per heavy atom. The fourth-order valence-electron chi connectivity index (χ4n) is 2.78. The van der Waals surface area contributed by atoms with E-state index in [4.69, 9.17) is 4.74 Å². The summed E-state index contributed by atoms with van der Waals surface area (Å²) in [7, 11) is 1.59. The predicted molar refractivity (Wildman–Crippen MR) is 104 cm³/mol. The van der Waals surface area contributed by atoms with Gasteiger partial charge in [0.05, 0.1) is 24.3 Å². The lowest BCUT2D eigenvalue weighted by Crippen LogP contribution is -2.26. The normalized spacial score (nSPS) is 15.7. The molecule has 1 saturated heterocycles. The summed E-state index contributed by atoms with van der Waals surface area (Å²) < 4.78 is 5.11. The molecule has 26 heavy (non-hydrogen) atoms. The van der Waals surface area contributed by atoms with E-state index in [0.717, 1.165) is 18.7 Å². The fraction of sp³-hybridized carbons (Fsp3) is 0.263. The van der Waals surface area contributed by atoms with Crippen LogP contribution < -0.4 is 20.7 Å². The van der Waals surface area contributed by atoms with Crippen LogP contribution in [-0.4, -0.2) is 32.0 Å². The molecule has 7 heteroatoms. The number of carbonyl (C=O) groups is 2. The number of rotatable bonds is 5. The van der Waals surface area contributed by atoms with E-state index < -0.39 is 0 Å². The van der Waals surface area contributed by atoms with Crippen LogP contribution in [0, 0.1) is 5.92 Å². The van der Waals surface area contributed by atoms with Crippen LogP contribution in [0.4, 0.5) is 11.4 Å². The number of nitrogens with one attached hydrogen (secondary N) is 3. The van der Waals surface area contributed by atoms with Crippen molar-refractivity contribution in [3.63, 3.8) is 0 Å². The molecule has 0 aromatic heterocycles. The summed E-state index contributed by atoms with van der Waals surface area (Å²) in [6.07, 6.45) is 0.812. The number of halogens is 1. The smallest absolute Gasteiger partial charge is 0.257 e. The van der Waals surface area contributed by atoms with Crippen molar-refractivity contribution >= 4 is 35.6 Å². The van der Waals surface area contributed by atoms with Crippen LogP contribution in [0.15, 0.2) is 48.5 Å². The van der Waals surface area contributed by atoms with Crippen LogP contribution in [0.1, 0.15) is 16.8 Å². The van der Waals surface area contributed by atoms with E-state index in [2.05, 4.69) is 16.0 Å². The van der Waals surface area contributed by atoms with Crippen molar-refractivity contribution < 1.29 is 14.3 Å². The largest absolute Gasteiger partial charge is 0.497 e. The minimum atomic E-state index is -0.273. The van der Waals surface area contributed by atoms with Crippen molar-refractivity contribution in [2.45, 2.75) is 6.42 Å². The summed E-state index contributed by atoms with van der Waals surface area (Å²) >= 11 is 0. The number of hydrogen-bond donors (Lipinski definition) is 3. The first-order chi connectivity index (χ1) is 12.2. The number of carbonyl (C=O) groups excluding carboxylic acids is 2. The highest BCUT2D eigenvalue weighted by Gasteiger charge is 2.23. The zero-order chi connectivity index (χ0) is 17.6. The molecule has 1 unspecified atom stereocenters. The monoisotopic (exact) mass is 375 g/mol. The van der Waals surface area contributed by atoms with Gasteiger partial charge in [-0.25, -0.2) is 0 Å². The van der Waals surface area contributed by atoms with E-state index in [0.29, 0.717) is 23.5 Å². The summed E-state index contributed by atoms with van der Waals surface area (Å²) in [5, 5.41) is 8.88. The third-order valence-corrected chi connectivity index (χ3v) is 4.21. The lowest BCUT2D eigenvalue weighted by atomic mass is 10.1. The highest BCUT2D eigenvalue weighted by atomic mass is 35.5. The first-order valence-electron chi connectivity index (χ1n) is 8.23. The molecule has 0 spiro atoms. The van der Waals surface area contributed by atoms with Gasteiger partial charge in [0.25, 0.3) is 5.91 Å². The Morgan fingerprint density at radius 2 is 1.81 bits per heavy atom. The Bertz CT molecular complexity index is 759. The first kappa shape index (κ1) is 19.8. The Hall–Kier alpha value is -2.57. The molecule has 3 rings (SSSR count). The van der Waals surface area contributed by atoms with Crippen LogP contribution in [0.25, 0.3) is 0 Å². The topological polar surface area (TPSA) is 79.5 Å². The average Bonchev–Trinajstić information content (AvgIpc) is 3.17. The second-order valence-electron chi connectivity index (χ2n) is 5.91. The number of benzene rings is 2. The zero-order valence-corrected chi connectivity index (χ0v) is 15.3. The van der Waals surface area contributed by atoms with Gasteiger partial charge in [-0.2, -0.15) is 0 Å². The Balaban J connectivity index is 0.00000243. The lowest BCUT2D eigenvalue weighted by molar-refractivity contribution is -0.119. The summed E-state index contributed by atoms with van der Waals surface area (Å²) in [6, 6.07) is 14.1. The van der Waals surface area contributed by atoms with Crippen molar-refractivity contribution in [1.29, 1.82) is 0 Å². The molecule has 1 aliphatic rings. The summed E-state index contributed by atoms with van der Waals surface area (Å²) in [6.45, 7) is 1.52. The highest BCUT2D eigenvalue weighted by Crippen LogP contribution is 2.21. The van der Waals surface area contributed by atoms with Crippen LogP contribution in [0.5, 0.6) is 5.75 Å². The van der Waals surface area contributed by atoms with E-state index >= 15 is 0 Å². The van der Waals surface area contributed by atoms with Crippen LogP contribution >= 0.6 is 12.4 Å². The summed E-state index contributed by atoms with van der Waals surface area (Å²) in [4.78, 5) is 24.9. The second-order valence-corrected chi connectivity index (χ2v) is 5.91. The Kier molecular flexibility index (Phi) is 7.00. The van der Waals surface area contributed by atoms with Crippen molar-refractivity contribution in [1.82, 2.24) is 5.32 Å². The SMILES string of the molecule is COc1ccc(NC(=O)c2ccccc2NC(=O)C2CCNC2)cc1.Cl. The van der Waals surface area contributed by atoms with Gasteiger partial charge in [0, 0.05) is 12.2 Å². The molecule has 1 aliphatic heterocycles. The average molecular weight is 376 g/mol. The van der Waals surface area contributed by atoms with Crippen molar-refractivity contribution in [3.8, 4) is 5.75 Å². The molecule has 3 N–H and O–H groups in total. The van der Waals surface area contributed by atoms with Gasteiger partial charge < -0.3 is 20.7 Å². The number of hydrogen-bond acceptors (Lipinski definition) is 4. The van der Waals surface area contributed by atoms with E-state index in [1.807, 2.05) is 0 Å². The van der Waals surface area contributed by atoms with Gasteiger partial charge in [-0.3, -0.25) is 9.59 Å². The highest BCUT2D eigenvalue weighted by molar-refractivity contribution is 6.10. The molecular weight excluding hydrogens is 354 g/mol. The van der Waals surface area contributed by atoms with Gasteiger partial charge in [-0.15, -0.1) is 12.4 Å². The molecule has 138 valence electrons. The second kappa shape index (κ2) is 9.22. The number of anilines is 2. The van der Waals surface area contributed by atoms with Crippen LogP contribution in [-0.2, 0) is 4.79 Å². The molecule has 0 radical (unpaired) electrons. The van der Waals surface area contributed by atoms with Gasteiger partial charge >= 0.3 is 0 Å². The Morgan fingerprint density at radius 1 is 1.08 bits per heavy atom. The molecule has 0 bridgehead atoms. The maximum Gasteiger partial charge on any atom is 0.257 e. The maximum absolute atomic E-state index is 12.6. The minimum Gasteiger partial charge on any atom is -0.497 e. The zero-order valence-electron chi connectivity index (χ0n) is 14.5. The molecule has 2 aromatic rings. The van der Waals surface area contributed by atoms with E-state index in [1.165, 1.54) is 0 Å². The van der Waals surface area contributed by atoms with E-state index in [-0.39, 0.29) is 30.1 Å². The number of amides is 2. The fourth-order valence-corrected chi connectivity index (χ4v) is 2.78. The molecule has 1 fully saturated rings. The summed E-state index contributed by atoms with van der Waals surface area (Å²) in [5.74, 6) is 0.328. The van der Waals surface area contributed by atoms with Crippen LogP contribution in [0.2, 0.25) is 0 Å². The predicted octanol–water partition coefficient (Wildman–Crippen LogP) is 2.92. The Labute approximate surface area is 158 Å². The van der Waals surface area contributed by atoms with Gasteiger partial charge in [-0.1, -0.05) is 12.1 Å². The third-order valence-electron chi connectivity index (χ3n) is 4.21. The molecule has 2 aromatic carbocycles. The number of ether oxygens (including phenoxy) is 1. The summed E-state index contributed by atoms with van der Waals surface area (Å²) in [5.41, 5.74) is 1.61. The van der Waals surface area contributed by atoms with E-state index in [9.17, 15) is 9.59 Å². The number of para-hydroxylation sites is 1. The molecule has 0 saturated carbocycles. The third kappa shape index (κ3) is 4.74. The van der Waals surface area contributed by atoms with Crippen molar-refractivity contribution in [3.05, 3.63) is 54.1 Å². The van der Waals surface area contributed by atoms with Crippen molar-refractivity contribution in [2.75, 3.05) is 30.8 Å². The first-order valence-corrected chi connectivity index (χ1v) is 8.23. The quantitative estimate of drug-likeness (QED) is 0.750. The van der Waals surface area contributed by atoms with Gasteiger partial charge in [-0.05, 0) is 49.4 Å². The minimum absolute atomic E-state index is 0. The molecule has 0 aliphatic carbocycles. The van der Waals surface area contributed by atoms with Gasteiger partial charge in [0.2, 0.25) is 5.91 Å². The number of methoxy groups -OCH3 is 1.